The minimum absolute atomic E-state index is 0.0577. The molecule has 2 saturated heterocycles. The summed E-state index contributed by atoms with van der Waals surface area (Å²) >= 11 is 0. The van der Waals surface area contributed by atoms with Crippen molar-refractivity contribution in [3.8, 4) is 0 Å². The molecule has 2 fully saturated rings. The molecule has 0 aliphatic carbocycles. The van der Waals surface area contributed by atoms with E-state index >= 15 is 0 Å². The van der Waals surface area contributed by atoms with Gasteiger partial charge in [-0.15, -0.1) is 0 Å². The average molecular weight is 276 g/mol. The number of amides is 1. The topological polar surface area (TPSA) is 86.7 Å². The first-order chi connectivity index (χ1) is 8.50. The molecule has 2 rings (SSSR count). The largest absolute Gasteiger partial charge is 0.395 e. The summed E-state index contributed by atoms with van der Waals surface area (Å²) in [4.78, 5) is 13.8. The standard InChI is InChI=1S/C11H20N2O4S/c14-7-10-2-1-4-13(10)6-11(15)12-9-3-5-18(16,17)8-9/h9-10,14H,1-8H2,(H,12,15)/t9?,10-/m1/s1. The van der Waals surface area contributed by atoms with E-state index in [1.807, 2.05) is 4.90 Å². The summed E-state index contributed by atoms with van der Waals surface area (Å²) in [7, 11) is -2.95. The summed E-state index contributed by atoms with van der Waals surface area (Å²) < 4.78 is 22.5. The molecule has 1 amide bonds. The number of carbonyl (C=O) groups is 1. The molecule has 7 heteroatoms. The number of hydrogen-bond acceptors (Lipinski definition) is 5. The Kier molecular flexibility index (Phi) is 4.24. The van der Waals surface area contributed by atoms with Crippen LogP contribution in [0.2, 0.25) is 0 Å². The van der Waals surface area contributed by atoms with Crippen molar-refractivity contribution in [1.82, 2.24) is 10.2 Å². The van der Waals surface area contributed by atoms with Crippen molar-refractivity contribution < 1.29 is 18.3 Å². The first-order valence-corrected chi connectivity index (χ1v) is 8.17. The van der Waals surface area contributed by atoms with Gasteiger partial charge in [0.2, 0.25) is 5.91 Å². The molecule has 2 aliphatic heterocycles. The van der Waals surface area contributed by atoms with Gasteiger partial charge in [-0.05, 0) is 25.8 Å². The second-order valence-corrected chi connectivity index (χ2v) is 7.35. The van der Waals surface area contributed by atoms with E-state index in [-0.39, 0.29) is 42.6 Å². The number of likely N-dealkylation sites (tertiary alicyclic amines) is 1. The van der Waals surface area contributed by atoms with Crippen LogP contribution in [0.3, 0.4) is 0 Å². The van der Waals surface area contributed by atoms with Gasteiger partial charge in [-0.2, -0.15) is 0 Å². The molecular formula is C11H20N2O4S. The van der Waals surface area contributed by atoms with E-state index in [4.69, 9.17) is 5.11 Å². The van der Waals surface area contributed by atoms with Crippen LogP contribution >= 0.6 is 0 Å². The lowest BCUT2D eigenvalue weighted by Gasteiger charge is -2.22. The minimum Gasteiger partial charge on any atom is -0.395 e. The number of aliphatic hydroxyl groups is 1. The summed E-state index contributed by atoms with van der Waals surface area (Å²) in [6, 6.07) is -0.166. The molecule has 0 radical (unpaired) electrons. The van der Waals surface area contributed by atoms with Gasteiger partial charge in [-0.3, -0.25) is 9.69 Å². The Morgan fingerprint density at radius 1 is 1.39 bits per heavy atom. The third kappa shape index (κ3) is 3.43. The van der Waals surface area contributed by atoms with Crippen LogP contribution in [0.5, 0.6) is 0 Å². The minimum atomic E-state index is -2.95. The lowest BCUT2D eigenvalue weighted by molar-refractivity contribution is -0.123. The molecule has 0 aromatic carbocycles. The molecule has 0 saturated carbocycles. The highest BCUT2D eigenvalue weighted by Crippen LogP contribution is 2.16. The molecule has 0 aromatic rings. The van der Waals surface area contributed by atoms with Gasteiger partial charge in [-0.25, -0.2) is 8.42 Å². The fraction of sp³-hybridized carbons (Fsp3) is 0.909. The van der Waals surface area contributed by atoms with Crippen molar-refractivity contribution in [1.29, 1.82) is 0 Å². The van der Waals surface area contributed by atoms with Gasteiger partial charge in [0.1, 0.15) is 0 Å². The molecule has 0 spiro atoms. The highest BCUT2D eigenvalue weighted by Gasteiger charge is 2.30. The Hall–Kier alpha value is -0.660. The first kappa shape index (κ1) is 13.8. The van der Waals surface area contributed by atoms with Crippen LogP contribution in [0.1, 0.15) is 19.3 Å². The van der Waals surface area contributed by atoms with E-state index in [0.717, 1.165) is 19.4 Å². The Balaban J connectivity index is 1.79. The average Bonchev–Trinajstić information content (AvgIpc) is 2.85. The van der Waals surface area contributed by atoms with E-state index in [1.54, 1.807) is 0 Å². The summed E-state index contributed by atoms with van der Waals surface area (Å²) in [5.41, 5.74) is 0. The zero-order valence-corrected chi connectivity index (χ0v) is 11.2. The SMILES string of the molecule is O=C(CN1CCC[C@@H]1CO)NC1CCS(=O)(=O)C1. The lowest BCUT2D eigenvalue weighted by atomic mass is 10.2. The second kappa shape index (κ2) is 5.54. The zero-order valence-electron chi connectivity index (χ0n) is 10.3. The van der Waals surface area contributed by atoms with Crippen LogP contribution in [0.4, 0.5) is 0 Å². The molecule has 0 aromatic heterocycles. The van der Waals surface area contributed by atoms with Crippen LogP contribution < -0.4 is 5.32 Å². The smallest absolute Gasteiger partial charge is 0.234 e. The number of aliphatic hydroxyl groups excluding tert-OH is 1. The summed E-state index contributed by atoms with van der Waals surface area (Å²) in [6.07, 6.45) is 2.43. The molecule has 2 atom stereocenters. The molecule has 104 valence electrons. The third-order valence-electron chi connectivity index (χ3n) is 3.65. The van der Waals surface area contributed by atoms with Gasteiger partial charge >= 0.3 is 0 Å². The van der Waals surface area contributed by atoms with Crippen LogP contribution in [0, 0.1) is 0 Å². The second-order valence-electron chi connectivity index (χ2n) is 5.12. The van der Waals surface area contributed by atoms with Gasteiger partial charge < -0.3 is 10.4 Å². The Bertz CT molecular complexity index is 409. The molecule has 2 N–H and O–H groups in total. The predicted molar refractivity (Wildman–Crippen MR) is 66.9 cm³/mol. The fourth-order valence-electron chi connectivity index (χ4n) is 2.68. The maximum absolute atomic E-state index is 11.8. The van der Waals surface area contributed by atoms with Crippen molar-refractivity contribution in [3.63, 3.8) is 0 Å². The predicted octanol–water partition coefficient (Wildman–Crippen LogP) is -1.25. The number of carbonyl (C=O) groups excluding carboxylic acids is 1. The Labute approximate surface area is 107 Å². The van der Waals surface area contributed by atoms with Crippen molar-refractivity contribution >= 4 is 15.7 Å². The molecule has 6 nitrogen and oxygen atoms in total. The Morgan fingerprint density at radius 3 is 2.78 bits per heavy atom. The van der Waals surface area contributed by atoms with Crippen LogP contribution in [0.15, 0.2) is 0 Å². The maximum atomic E-state index is 11.8. The quantitative estimate of drug-likeness (QED) is 0.670. The molecule has 0 bridgehead atoms. The van der Waals surface area contributed by atoms with Crippen molar-refractivity contribution in [3.05, 3.63) is 0 Å². The van der Waals surface area contributed by atoms with E-state index in [0.29, 0.717) is 6.42 Å². The first-order valence-electron chi connectivity index (χ1n) is 6.35. The van der Waals surface area contributed by atoms with E-state index in [2.05, 4.69) is 5.32 Å². The van der Waals surface area contributed by atoms with Gasteiger partial charge in [0.15, 0.2) is 9.84 Å². The van der Waals surface area contributed by atoms with E-state index < -0.39 is 9.84 Å². The molecule has 1 unspecified atom stereocenters. The molecule has 18 heavy (non-hydrogen) atoms. The lowest BCUT2D eigenvalue weighted by Crippen LogP contribution is -2.44. The van der Waals surface area contributed by atoms with Gasteiger partial charge in [0, 0.05) is 12.1 Å². The number of nitrogens with zero attached hydrogens (tertiary/aromatic N) is 1. The number of hydrogen-bond donors (Lipinski definition) is 2. The van der Waals surface area contributed by atoms with Crippen molar-refractivity contribution in [2.24, 2.45) is 0 Å². The van der Waals surface area contributed by atoms with Crippen molar-refractivity contribution in [2.45, 2.75) is 31.3 Å². The fourth-order valence-corrected chi connectivity index (χ4v) is 4.35. The van der Waals surface area contributed by atoms with Crippen LogP contribution in [-0.2, 0) is 14.6 Å². The monoisotopic (exact) mass is 276 g/mol. The number of nitrogens with one attached hydrogen (secondary N) is 1. The molecular weight excluding hydrogens is 256 g/mol. The highest BCUT2D eigenvalue weighted by atomic mass is 32.2. The number of sulfone groups is 1. The summed E-state index contributed by atoms with van der Waals surface area (Å²) in [5.74, 6) is 0.0840. The highest BCUT2D eigenvalue weighted by molar-refractivity contribution is 7.91. The normalized spacial score (nSPS) is 31.6. The molecule has 2 heterocycles. The van der Waals surface area contributed by atoms with E-state index in [1.165, 1.54) is 0 Å². The molecule has 2 aliphatic rings. The van der Waals surface area contributed by atoms with E-state index in [9.17, 15) is 13.2 Å². The summed E-state index contributed by atoms with van der Waals surface area (Å²) in [6.45, 7) is 1.15. The van der Waals surface area contributed by atoms with Crippen LogP contribution in [-0.4, -0.2) is 67.6 Å². The van der Waals surface area contributed by atoms with Gasteiger partial charge in [0.05, 0.1) is 24.7 Å². The van der Waals surface area contributed by atoms with Crippen LogP contribution in [0.25, 0.3) is 0 Å². The van der Waals surface area contributed by atoms with Crippen molar-refractivity contribution in [2.75, 3.05) is 31.2 Å². The van der Waals surface area contributed by atoms with Gasteiger partial charge in [-0.1, -0.05) is 0 Å². The summed E-state index contributed by atoms with van der Waals surface area (Å²) in [5, 5.41) is 11.9. The third-order valence-corrected chi connectivity index (χ3v) is 5.42. The van der Waals surface area contributed by atoms with Gasteiger partial charge in [0.25, 0.3) is 0 Å². The zero-order chi connectivity index (χ0) is 13.2. The maximum Gasteiger partial charge on any atom is 0.234 e. The number of rotatable bonds is 4. The Morgan fingerprint density at radius 2 is 2.17 bits per heavy atom.